The first-order valence-corrected chi connectivity index (χ1v) is 10.6. The number of carbonyl (C=O) groups is 2. The van der Waals surface area contributed by atoms with E-state index < -0.39 is 6.04 Å². The Morgan fingerprint density at radius 1 is 1.03 bits per heavy atom. The van der Waals surface area contributed by atoms with Crippen molar-refractivity contribution in [3.05, 3.63) is 64.7 Å². The Labute approximate surface area is 180 Å². The van der Waals surface area contributed by atoms with Gasteiger partial charge >= 0.3 is 0 Å². The molecule has 0 aromatic heterocycles. The maximum Gasteiger partial charge on any atom is 0.261 e. The molecule has 0 heterocycles. The van der Waals surface area contributed by atoms with Crippen LogP contribution in [-0.2, 0) is 16.1 Å². The molecule has 2 aromatic carbocycles. The molecule has 1 N–H and O–H groups in total. The molecule has 5 heteroatoms. The summed E-state index contributed by atoms with van der Waals surface area (Å²) >= 11 is 0. The third kappa shape index (κ3) is 6.61. The molecule has 0 aliphatic heterocycles. The highest BCUT2D eigenvalue weighted by molar-refractivity contribution is 5.88. The highest BCUT2D eigenvalue weighted by Gasteiger charge is 2.27. The van der Waals surface area contributed by atoms with Crippen molar-refractivity contribution in [1.82, 2.24) is 10.2 Å². The molecule has 0 fully saturated rings. The van der Waals surface area contributed by atoms with Gasteiger partial charge in [0, 0.05) is 12.6 Å². The van der Waals surface area contributed by atoms with Crippen molar-refractivity contribution in [3.63, 3.8) is 0 Å². The quantitative estimate of drug-likeness (QED) is 0.670. The molecule has 0 unspecified atom stereocenters. The van der Waals surface area contributed by atoms with Gasteiger partial charge in [0.25, 0.3) is 5.91 Å². The molecule has 30 heavy (non-hydrogen) atoms. The molecule has 2 aromatic rings. The van der Waals surface area contributed by atoms with E-state index >= 15 is 0 Å². The fraction of sp³-hybridized carbons (Fsp3) is 0.440. The first kappa shape index (κ1) is 23.5. The smallest absolute Gasteiger partial charge is 0.261 e. The lowest BCUT2D eigenvalue weighted by molar-refractivity contribution is -0.142. The largest absolute Gasteiger partial charge is 0.483 e. The maximum absolute atomic E-state index is 13.1. The first-order valence-electron chi connectivity index (χ1n) is 10.6. The Balaban J connectivity index is 2.18. The van der Waals surface area contributed by atoms with Crippen molar-refractivity contribution in [1.29, 1.82) is 0 Å². The minimum absolute atomic E-state index is 0.0577. The Morgan fingerprint density at radius 3 is 2.37 bits per heavy atom. The summed E-state index contributed by atoms with van der Waals surface area (Å²) in [6, 6.07) is 13.3. The second-order valence-electron chi connectivity index (χ2n) is 8.06. The second kappa shape index (κ2) is 10.8. The molecular formula is C25H34N2O3. The van der Waals surface area contributed by atoms with Gasteiger partial charge in [-0.05, 0) is 58.2 Å². The van der Waals surface area contributed by atoms with Crippen molar-refractivity contribution >= 4 is 11.8 Å². The molecule has 5 nitrogen and oxygen atoms in total. The van der Waals surface area contributed by atoms with E-state index in [0.29, 0.717) is 12.3 Å². The number of carbonyl (C=O) groups excluding carboxylic acids is 2. The van der Waals surface area contributed by atoms with Gasteiger partial charge in [0.2, 0.25) is 5.91 Å². The van der Waals surface area contributed by atoms with E-state index in [1.807, 2.05) is 77.1 Å². The molecule has 0 aliphatic rings. The average molecular weight is 411 g/mol. The van der Waals surface area contributed by atoms with E-state index in [1.165, 1.54) is 0 Å². The zero-order valence-electron chi connectivity index (χ0n) is 19.0. The Kier molecular flexibility index (Phi) is 8.46. The van der Waals surface area contributed by atoms with Crippen LogP contribution >= 0.6 is 0 Å². The summed E-state index contributed by atoms with van der Waals surface area (Å²) in [6.07, 6.45) is 0.833. The predicted molar refractivity (Wildman–Crippen MR) is 120 cm³/mol. The van der Waals surface area contributed by atoms with E-state index in [2.05, 4.69) is 5.32 Å². The van der Waals surface area contributed by atoms with E-state index in [9.17, 15) is 9.59 Å². The Hall–Kier alpha value is -2.82. The number of aryl methyl sites for hydroxylation is 3. The Morgan fingerprint density at radius 2 is 1.73 bits per heavy atom. The average Bonchev–Trinajstić information content (AvgIpc) is 2.70. The predicted octanol–water partition coefficient (Wildman–Crippen LogP) is 4.32. The van der Waals surface area contributed by atoms with Crippen LogP contribution in [0, 0.1) is 20.8 Å². The van der Waals surface area contributed by atoms with Gasteiger partial charge in [0.15, 0.2) is 6.61 Å². The van der Waals surface area contributed by atoms with Gasteiger partial charge in [-0.1, -0.05) is 54.4 Å². The molecule has 0 radical (unpaired) electrons. The van der Waals surface area contributed by atoms with E-state index in [4.69, 9.17) is 4.74 Å². The van der Waals surface area contributed by atoms with Gasteiger partial charge in [0.05, 0.1) is 0 Å². The number of benzene rings is 2. The van der Waals surface area contributed by atoms with Gasteiger partial charge in [0.1, 0.15) is 11.8 Å². The minimum atomic E-state index is -0.602. The number of nitrogens with zero attached hydrogens (tertiary/aromatic N) is 1. The van der Waals surface area contributed by atoms with Gasteiger partial charge in [-0.25, -0.2) is 0 Å². The van der Waals surface area contributed by atoms with Crippen molar-refractivity contribution in [2.45, 2.75) is 66.6 Å². The summed E-state index contributed by atoms with van der Waals surface area (Å²) in [4.78, 5) is 27.4. The molecule has 2 amide bonds. The zero-order chi connectivity index (χ0) is 22.3. The Bertz CT molecular complexity index is 878. The topological polar surface area (TPSA) is 58.6 Å². The summed E-state index contributed by atoms with van der Waals surface area (Å²) in [7, 11) is 0. The van der Waals surface area contributed by atoms with Crippen molar-refractivity contribution in [2.24, 2.45) is 0 Å². The summed E-state index contributed by atoms with van der Waals surface area (Å²) in [5.41, 5.74) is 4.22. The molecular weight excluding hydrogens is 376 g/mol. The van der Waals surface area contributed by atoms with Gasteiger partial charge in [-0.2, -0.15) is 0 Å². The highest BCUT2D eigenvalue weighted by atomic mass is 16.5. The molecule has 0 saturated carbocycles. The maximum atomic E-state index is 13.1. The van der Waals surface area contributed by atoms with E-state index in [-0.39, 0.29) is 24.5 Å². The lowest BCUT2D eigenvalue weighted by Crippen LogP contribution is -2.50. The van der Waals surface area contributed by atoms with Crippen LogP contribution in [-0.4, -0.2) is 35.4 Å². The molecule has 0 saturated heterocycles. The SMILES string of the molecule is CC[C@@H](C)NC(=O)[C@H](C)N(Cc1cccc(C)c1)C(=O)COc1ccc(C)cc1C. The van der Waals surface area contributed by atoms with Crippen LogP contribution in [0.5, 0.6) is 5.75 Å². The fourth-order valence-electron chi connectivity index (χ4n) is 3.24. The van der Waals surface area contributed by atoms with Crippen molar-refractivity contribution < 1.29 is 14.3 Å². The minimum Gasteiger partial charge on any atom is -0.483 e. The molecule has 0 aliphatic carbocycles. The summed E-state index contributed by atoms with van der Waals surface area (Å²) in [5.74, 6) is 0.307. The van der Waals surface area contributed by atoms with Crippen LogP contribution in [0.2, 0.25) is 0 Å². The van der Waals surface area contributed by atoms with Crippen molar-refractivity contribution in [2.75, 3.05) is 6.61 Å². The molecule has 0 bridgehead atoms. The molecule has 2 rings (SSSR count). The monoisotopic (exact) mass is 410 g/mol. The number of hydrogen-bond acceptors (Lipinski definition) is 3. The zero-order valence-corrected chi connectivity index (χ0v) is 19.0. The van der Waals surface area contributed by atoms with E-state index in [1.54, 1.807) is 11.8 Å². The lowest BCUT2D eigenvalue weighted by atomic mass is 10.1. The summed E-state index contributed by atoms with van der Waals surface area (Å²) < 4.78 is 5.81. The second-order valence-corrected chi connectivity index (χ2v) is 8.06. The normalized spacial score (nSPS) is 12.7. The first-order chi connectivity index (χ1) is 14.2. The van der Waals surface area contributed by atoms with Gasteiger partial charge in [-0.15, -0.1) is 0 Å². The number of nitrogens with one attached hydrogen (secondary N) is 1. The fourth-order valence-corrected chi connectivity index (χ4v) is 3.24. The third-order valence-electron chi connectivity index (χ3n) is 5.29. The number of ether oxygens (including phenoxy) is 1. The van der Waals surface area contributed by atoms with Crippen molar-refractivity contribution in [3.8, 4) is 5.75 Å². The van der Waals surface area contributed by atoms with E-state index in [0.717, 1.165) is 28.7 Å². The van der Waals surface area contributed by atoms with Gasteiger partial charge in [-0.3, -0.25) is 9.59 Å². The summed E-state index contributed by atoms with van der Waals surface area (Å²) in [6.45, 7) is 12.0. The van der Waals surface area contributed by atoms with Crippen LogP contribution in [0.25, 0.3) is 0 Å². The van der Waals surface area contributed by atoms with Crippen LogP contribution in [0.1, 0.15) is 49.4 Å². The van der Waals surface area contributed by atoms with Crippen LogP contribution in [0.4, 0.5) is 0 Å². The molecule has 162 valence electrons. The van der Waals surface area contributed by atoms with Gasteiger partial charge < -0.3 is 15.0 Å². The molecule has 2 atom stereocenters. The van der Waals surface area contributed by atoms with Crippen LogP contribution in [0.15, 0.2) is 42.5 Å². The molecule has 0 spiro atoms. The third-order valence-corrected chi connectivity index (χ3v) is 5.29. The standard InChI is InChI=1S/C25H34N2O3/c1-7-20(5)26-25(29)21(6)27(15-22-10-8-9-17(2)14-22)24(28)16-30-23-12-11-18(3)13-19(23)4/h8-14,20-21H,7,15-16H2,1-6H3,(H,26,29)/t20-,21+/m1/s1. The number of rotatable bonds is 9. The lowest BCUT2D eigenvalue weighted by Gasteiger charge is -2.29. The number of hydrogen-bond donors (Lipinski definition) is 1. The van der Waals surface area contributed by atoms with Crippen LogP contribution < -0.4 is 10.1 Å². The van der Waals surface area contributed by atoms with Crippen LogP contribution in [0.3, 0.4) is 0 Å². The summed E-state index contributed by atoms with van der Waals surface area (Å²) in [5, 5.41) is 2.98. The number of amides is 2. The highest BCUT2D eigenvalue weighted by Crippen LogP contribution is 2.19.